The van der Waals surface area contributed by atoms with E-state index in [-0.39, 0.29) is 10.6 Å². The maximum atomic E-state index is 10.7. The van der Waals surface area contributed by atoms with Crippen molar-refractivity contribution in [3.8, 4) is 0 Å². The molecular formula is C14H19N3O2S. The summed E-state index contributed by atoms with van der Waals surface area (Å²) < 4.78 is 0. The van der Waals surface area contributed by atoms with Crippen LogP contribution in [0.25, 0.3) is 0 Å². The van der Waals surface area contributed by atoms with Gasteiger partial charge >= 0.3 is 0 Å². The Hall–Kier alpha value is -1.56. The van der Waals surface area contributed by atoms with Crippen molar-refractivity contribution in [1.82, 2.24) is 4.90 Å². The molecule has 6 heteroatoms. The third kappa shape index (κ3) is 3.30. The highest BCUT2D eigenvalue weighted by molar-refractivity contribution is 8.13. The number of nitro groups is 1. The predicted molar refractivity (Wildman–Crippen MR) is 83.5 cm³/mol. The molecule has 20 heavy (non-hydrogen) atoms. The molecule has 0 atom stereocenters. The van der Waals surface area contributed by atoms with Crippen molar-refractivity contribution >= 4 is 22.6 Å². The van der Waals surface area contributed by atoms with Gasteiger partial charge in [-0.15, -0.1) is 0 Å². The van der Waals surface area contributed by atoms with E-state index in [9.17, 15) is 10.1 Å². The molecule has 1 aromatic carbocycles. The van der Waals surface area contributed by atoms with Crippen LogP contribution >= 0.6 is 11.8 Å². The molecule has 1 aromatic rings. The van der Waals surface area contributed by atoms with Gasteiger partial charge in [0.25, 0.3) is 5.69 Å². The van der Waals surface area contributed by atoms with Gasteiger partial charge in [-0.3, -0.25) is 15.1 Å². The summed E-state index contributed by atoms with van der Waals surface area (Å²) in [7, 11) is 1.83. The fourth-order valence-corrected chi connectivity index (χ4v) is 3.26. The van der Waals surface area contributed by atoms with Crippen molar-refractivity contribution in [3.05, 3.63) is 39.9 Å². The van der Waals surface area contributed by atoms with Crippen LogP contribution in [0.5, 0.6) is 0 Å². The molecule has 0 radical (unpaired) electrons. The molecule has 0 bridgehead atoms. The number of hydrogen-bond acceptors (Lipinski definition) is 4. The third-order valence-electron chi connectivity index (χ3n) is 3.71. The lowest BCUT2D eigenvalue weighted by Gasteiger charge is -2.33. The van der Waals surface area contributed by atoms with Crippen LogP contribution in [0.4, 0.5) is 5.69 Å². The van der Waals surface area contributed by atoms with Crippen molar-refractivity contribution in [3.63, 3.8) is 0 Å². The minimum atomic E-state index is -0.352. The Labute approximate surface area is 123 Å². The minimum absolute atomic E-state index is 0.161. The zero-order valence-corrected chi connectivity index (χ0v) is 12.6. The van der Waals surface area contributed by atoms with Crippen LogP contribution in [-0.4, -0.2) is 41.4 Å². The molecule has 5 nitrogen and oxygen atoms in total. The zero-order chi connectivity index (χ0) is 14.5. The van der Waals surface area contributed by atoms with E-state index in [0.717, 1.165) is 31.1 Å². The second-order valence-corrected chi connectivity index (χ2v) is 5.59. The Morgan fingerprint density at radius 1 is 1.35 bits per heavy atom. The van der Waals surface area contributed by atoms with E-state index in [2.05, 4.69) is 9.89 Å². The molecule has 1 aliphatic rings. The van der Waals surface area contributed by atoms with E-state index in [4.69, 9.17) is 0 Å². The molecule has 1 heterocycles. The number of thioether (sulfide) groups is 1. The van der Waals surface area contributed by atoms with Gasteiger partial charge in [-0.1, -0.05) is 23.9 Å². The predicted octanol–water partition coefficient (Wildman–Crippen LogP) is 3.12. The monoisotopic (exact) mass is 293 g/mol. The number of amidine groups is 1. The zero-order valence-electron chi connectivity index (χ0n) is 11.8. The van der Waals surface area contributed by atoms with Crippen molar-refractivity contribution < 1.29 is 4.92 Å². The molecule has 1 saturated heterocycles. The van der Waals surface area contributed by atoms with Crippen LogP contribution in [0.3, 0.4) is 0 Å². The van der Waals surface area contributed by atoms with Gasteiger partial charge in [0, 0.05) is 32.3 Å². The van der Waals surface area contributed by atoms with E-state index < -0.39 is 0 Å². The second kappa shape index (κ2) is 6.74. The van der Waals surface area contributed by atoms with Crippen molar-refractivity contribution in [2.45, 2.75) is 18.8 Å². The summed E-state index contributed by atoms with van der Waals surface area (Å²) in [4.78, 5) is 16.9. The number of likely N-dealkylation sites (tertiary alicyclic amines) is 1. The van der Waals surface area contributed by atoms with Gasteiger partial charge in [0.1, 0.15) is 0 Å². The van der Waals surface area contributed by atoms with Gasteiger partial charge in [0.15, 0.2) is 5.17 Å². The van der Waals surface area contributed by atoms with Crippen LogP contribution < -0.4 is 0 Å². The SMILES string of the molecule is CN=C(SC)N1CCC(c2ccc([N+](=O)[O-])cc2)CC1. The first-order valence-corrected chi connectivity index (χ1v) is 7.88. The molecule has 108 valence electrons. The standard InChI is InChI=1S/C14H19N3O2S/c1-15-14(20-2)16-9-7-12(8-10-16)11-3-5-13(6-4-11)17(18)19/h3-6,12H,7-10H2,1-2H3. The number of non-ortho nitro benzene ring substituents is 1. The highest BCUT2D eigenvalue weighted by atomic mass is 32.2. The minimum Gasteiger partial charge on any atom is -0.351 e. The number of rotatable bonds is 2. The number of aliphatic imine (C=N–C) groups is 1. The molecule has 1 aliphatic heterocycles. The molecule has 0 N–H and O–H groups in total. The number of nitrogens with zero attached hydrogens (tertiary/aromatic N) is 3. The first kappa shape index (κ1) is 14.8. The van der Waals surface area contributed by atoms with Gasteiger partial charge in [0.2, 0.25) is 0 Å². The lowest BCUT2D eigenvalue weighted by atomic mass is 9.89. The smallest absolute Gasteiger partial charge is 0.269 e. The summed E-state index contributed by atoms with van der Waals surface area (Å²) in [6, 6.07) is 6.98. The Morgan fingerprint density at radius 2 is 1.95 bits per heavy atom. The molecule has 0 spiro atoms. The highest BCUT2D eigenvalue weighted by Gasteiger charge is 2.22. The number of hydrogen-bond donors (Lipinski definition) is 0. The average molecular weight is 293 g/mol. The summed E-state index contributed by atoms with van der Waals surface area (Å²) >= 11 is 1.68. The highest BCUT2D eigenvalue weighted by Crippen LogP contribution is 2.30. The van der Waals surface area contributed by atoms with Crippen LogP contribution in [0, 0.1) is 10.1 Å². The van der Waals surface area contributed by atoms with Crippen molar-refractivity contribution in [1.29, 1.82) is 0 Å². The van der Waals surface area contributed by atoms with E-state index in [1.165, 1.54) is 5.56 Å². The lowest BCUT2D eigenvalue weighted by molar-refractivity contribution is -0.384. The maximum Gasteiger partial charge on any atom is 0.269 e. The van der Waals surface area contributed by atoms with Crippen LogP contribution in [-0.2, 0) is 0 Å². The molecule has 0 amide bonds. The fourth-order valence-electron chi connectivity index (χ4n) is 2.63. The maximum absolute atomic E-state index is 10.7. The Bertz CT molecular complexity index is 494. The van der Waals surface area contributed by atoms with Gasteiger partial charge in [-0.25, -0.2) is 0 Å². The van der Waals surface area contributed by atoms with Crippen LogP contribution in [0.1, 0.15) is 24.3 Å². The Balaban J connectivity index is 1.98. The fraction of sp³-hybridized carbons (Fsp3) is 0.500. The number of benzene rings is 1. The summed E-state index contributed by atoms with van der Waals surface area (Å²) in [6.45, 7) is 1.99. The van der Waals surface area contributed by atoms with Crippen molar-refractivity contribution in [2.75, 3.05) is 26.4 Å². The first-order valence-electron chi connectivity index (χ1n) is 6.65. The Kier molecular flexibility index (Phi) is 5.00. The van der Waals surface area contributed by atoms with Gasteiger partial charge < -0.3 is 4.90 Å². The van der Waals surface area contributed by atoms with Crippen molar-refractivity contribution in [2.24, 2.45) is 4.99 Å². The first-order chi connectivity index (χ1) is 9.65. The quantitative estimate of drug-likeness (QED) is 0.364. The summed E-state index contributed by atoms with van der Waals surface area (Å²) in [6.07, 6.45) is 4.18. The number of nitro benzene ring substituents is 1. The van der Waals surface area contributed by atoms with Gasteiger partial charge in [-0.05, 0) is 30.6 Å². The van der Waals surface area contributed by atoms with Crippen LogP contribution in [0.2, 0.25) is 0 Å². The Morgan fingerprint density at radius 3 is 2.40 bits per heavy atom. The summed E-state index contributed by atoms with van der Waals surface area (Å²) in [5, 5.41) is 11.7. The third-order valence-corrected chi connectivity index (χ3v) is 4.52. The summed E-state index contributed by atoms with van der Waals surface area (Å²) in [5.74, 6) is 0.493. The van der Waals surface area contributed by atoms with E-state index in [1.807, 2.05) is 25.4 Å². The second-order valence-electron chi connectivity index (χ2n) is 4.82. The van der Waals surface area contributed by atoms with Crippen LogP contribution in [0.15, 0.2) is 29.3 Å². The topological polar surface area (TPSA) is 58.7 Å². The molecule has 2 rings (SSSR count). The molecular weight excluding hydrogens is 274 g/mol. The van der Waals surface area contributed by atoms with Gasteiger partial charge in [-0.2, -0.15) is 0 Å². The molecule has 0 aromatic heterocycles. The number of piperidine rings is 1. The largest absolute Gasteiger partial charge is 0.351 e. The normalized spacial score (nSPS) is 17.3. The molecule has 0 aliphatic carbocycles. The molecule has 0 saturated carbocycles. The lowest BCUT2D eigenvalue weighted by Crippen LogP contribution is -2.36. The van der Waals surface area contributed by atoms with E-state index >= 15 is 0 Å². The summed E-state index contributed by atoms with van der Waals surface area (Å²) in [5.41, 5.74) is 1.36. The molecule has 0 unspecified atom stereocenters. The van der Waals surface area contributed by atoms with E-state index in [1.54, 1.807) is 23.9 Å². The van der Waals surface area contributed by atoms with Gasteiger partial charge in [0.05, 0.1) is 4.92 Å². The van der Waals surface area contributed by atoms with E-state index in [0.29, 0.717) is 5.92 Å². The average Bonchev–Trinajstić information content (AvgIpc) is 2.49. The molecule has 1 fully saturated rings.